The van der Waals surface area contributed by atoms with Crippen LogP contribution in [0.1, 0.15) is 0 Å². The van der Waals surface area contributed by atoms with Crippen molar-refractivity contribution in [2.24, 2.45) is 0 Å². The van der Waals surface area contributed by atoms with E-state index >= 15 is 0 Å². The second kappa shape index (κ2) is 8.57. The lowest BCUT2D eigenvalue weighted by molar-refractivity contribution is 0.366. The minimum absolute atomic E-state index is 0.590. The van der Waals surface area contributed by atoms with Gasteiger partial charge in [-0.25, -0.2) is 0 Å². The van der Waals surface area contributed by atoms with E-state index in [2.05, 4.69) is 26.1 Å². The summed E-state index contributed by atoms with van der Waals surface area (Å²) in [5.74, 6) is 0. The Morgan fingerprint density at radius 2 is 1.05 bits per heavy atom. The Hall–Kier alpha value is -1.83. The normalized spacial score (nSPS) is 11.4. The number of hydrogen-bond acceptors (Lipinski definition) is 1. The molecule has 0 atom stereocenters. The Morgan fingerprint density at radius 1 is 0.773 bits per heavy atom. The third kappa shape index (κ3) is 20.5. The summed E-state index contributed by atoms with van der Waals surface area (Å²) >= 11 is 0. The van der Waals surface area contributed by atoms with Gasteiger partial charge in [0.25, 0.3) is 0 Å². The summed E-state index contributed by atoms with van der Waals surface area (Å²) < 4.78 is 78.8. The fourth-order valence-electron chi connectivity index (χ4n) is 0.967. The maximum Gasteiger partial charge on any atom is 0.673 e. The van der Waals surface area contributed by atoms with Gasteiger partial charge in [-0.1, -0.05) is 0 Å². The fraction of sp³-hybridized carbons (Fsp3) is 0.333. The molecule has 0 radical (unpaired) electrons. The van der Waals surface area contributed by atoms with Crippen molar-refractivity contribution in [3.8, 4) is 0 Å². The van der Waals surface area contributed by atoms with Gasteiger partial charge in [0, 0.05) is 24.3 Å². The van der Waals surface area contributed by atoms with Gasteiger partial charge in [-0.05, 0) is 0 Å². The first kappa shape index (κ1) is 22.5. The highest BCUT2D eigenvalue weighted by Crippen LogP contribution is 2.20. The molecule has 0 saturated carbocycles. The van der Waals surface area contributed by atoms with Crippen LogP contribution < -0.4 is 4.48 Å². The van der Waals surface area contributed by atoms with Crippen LogP contribution in [0.15, 0.2) is 24.3 Å². The molecule has 0 spiro atoms. The minimum atomic E-state index is -6.00. The molecule has 0 unspecified atom stereocenters. The molecule has 22 heavy (non-hydrogen) atoms. The second-order valence-electron chi connectivity index (χ2n) is 4.62. The summed E-state index contributed by atoms with van der Waals surface area (Å²) in [4.78, 5) is 3.09. The number of benzene rings is 1. The molecule has 0 aromatic heterocycles. The zero-order valence-electron chi connectivity index (χ0n) is 11.8. The molecule has 0 fully saturated rings. The van der Waals surface area contributed by atoms with Gasteiger partial charge in [-0.3, -0.25) is 4.48 Å². The lowest BCUT2D eigenvalue weighted by atomic mass is 10.2. The first-order valence-electron chi connectivity index (χ1n) is 5.56. The second-order valence-corrected chi connectivity index (χ2v) is 4.62. The van der Waals surface area contributed by atoms with Crippen LogP contribution in [0.4, 0.5) is 45.9 Å². The van der Waals surface area contributed by atoms with Crippen molar-refractivity contribution in [2.75, 3.05) is 21.1 Å². The van der Waals surface area contributed by atoms with Crippen molar-refractivity contribution in [2.45, 2.75) is 0 Å². The topological polar surface area (TPSA) is 28.1 Å². The predicted molar refractivity (Wildman–Crippen MR) is 71.1 cm³/mol. The number of nitrogens with zero attached hydrogens (tertiary/aromatic N) is 3. The van der Waals surface area contributed by atoms with Crippen LogP contribution in [-0.2, 0) is 0 Å². The van der Waals surface area contributed by atoms with E-state index in [1.165, 1.54) is 5.69 Å². The quantitative estimate of drug-likeness (QED) is 0.308. The number of rotatable bonds is 1. The van der Waals surface area contributed by atoms with E-state index in [0.29, 0.717) is 5.69 Å². The molecule has 126 valence electrons. The monoisotopic (exact) mass is 337 g/mol. The summed E-state index contributed by atoms with van der Waals surface area (Å²) in [5.41, 5.74) is 1.77. The van der Waals surface area contributed by atoms with Crippen LogP contribution in [0.3, 0.4) is 0 Å². The van der Waals surface area contributed by atoms with Gasteiger partial charge in [-0.2, -0.15) is 0 Å². The lowest BCUT2D eigenvalue weighted by Gasteiger charge is -2.22. The Kier molecular flexibility index (Phi) is 8.75. The first-order valence-corrected chi connectivity index (χ1v) is 5.56. The summed E-state index contributed by atoms with van der Waals surface area (Å²) in [6.07, 6.45) is 0. The highest BCUT2D eigenvalue weighted by molar-refractivity contribution is 6.50. The van der Waals surface area contributed by atoms with Gasteiger partial charge in [-0.15, -0.1) is 0 Å². The van der Waals surface area contributed by atoms with Gasteiger partial charge >= 0.3 is 20.2 Å². The van der Waals surface area contributed by atoms with Crippen LogP contribution in [0, 0.1) is 5.39 Å². The average Bonchev–Trinajstić information content (AvgIpc) is 2.23. The van der Waals surface area contributed by atoms with Gasteiger partial charge in [0.05, 0.1) is 21.1 Å². The molecule has 1 aromatic carbocycles. The zero-order chi connectivity index (χ0) is 18.2. The Bertz CT molecular complexity index is 448. The first-order chi connectivity index (χ1) is 9.54. The smallest absolute Gasteiger partial charge is 0.418 e. The fourth-order valence-corrected chi connectivity index (χ4v) is 0.967. The molecule has 0 aliphatic rings. The Balaban J connectivity index is 0. The SMILES string of the molecule is C[N+](C)(C)c1ccc([N+]#N)cc1.F[B-](F)(F)F.F[B-](F)(F)F. The summed E-state index contributed by atoms with van der Waals surface area (Å²) in [5, 5.41) is 8.45. The number of hydrogen-bond donors (Lipinski definition) is 0. The van der Waals surface area contributed by atoms with Crippen LogP contribution in [-0.4, -0.2) is 35.7 Å². The summed E-state index contributed by atoms with van der Waals surface area (Å²) in [7, 11) is -5.73. The van der Waals surface area contributed by atoms with Gasteiger partial charge in [0.15, 0.2) is 4.98 Å². The van der Waals surface area contributed by atoms with Crippen LogP contribution in [0.25, 0.3) is 4.98 Å². The largest absolute Gasteiger partial charge is 0.673 e. The molecular formula is C9H13B2F8N3. The van der Waals surface area contributed by atoms with Gasteiger partial charge in [0.2, 0.25) is 5.39 Å². The van der Waals surface area contributed by atoms with Crippen LogP contribution in [0.5, 0.6) is 0 Å². The van der Waals surface area contributed by atoms with E-state index in [9.17, 15) is 34.5 Å². The third-order valence-electron chi connectivity index (χ3n) is 1.74. The Morgan fingerprint density at radius 3 is 1.23 bits per heavy atom. The maximum atomic E-state index is 9.75. The number of diazo groups is 1. The average molecular weight is 337 g/mol. The van der Waals surface area contributed by atoms with E-state index in [-0.39, 0.29) is 0 Å². The zero-order valence-corrected chi connectivity index (χ0v) is 11.8. The van der Waals surface area contributed by atoms with E-state index in [0.717, 1.165) is 4.48 Å². The van der Waals surface area contributed by atoms with Crippen molar-refractivity contribution >= 4 is 25.9 Å². The van der Waals surface area contributed by atoms with E-state index < -0.39 is 14.5 Å². The van der Waals surface area contributed by atoms with E-state index in [1.807, 2.05) is 12.1 Å². The molecule has 13 heteroatoms. The Labute approximate surface area is 122 Å². The molecule has 0 heterocycles. The summed E-state index contributed by atoms with van der Waals surface area (Å²) in [6.45, 7) is 0. The molecule has 0 N–H and O–H groups in total. The predicted octanol–water partition coefficient (Wildman–Crippen LogP) is 4.97. The van der Waals surface area contributed by atoms with Crippen molar-refractivity contribution in [3.05, 3.63) is 29.2 Å². The molecule has 1 rings (SSSR count). The molecule has 3 nitrogen and oxygen atoms in total. The van der Waals surface area contributed by atoms with Gasteiger partial charge < -0.3 is 34.5 Å². The molecule has 0 amide bonds. The van der Waals surface area contributed by atoms with Crippen LogP contribution in [0.2, 0.25) is 0 Å². The molecular weight excluding hydrogens is 324 g/mol. The van der Waals surface area contributed by atoms with Crippen molar-refractivity contribution in [1.29, 1.82) is 5.39 Å². The molecule has 0 aliphatic heterocycles. The summed E-state index contributed by atoms with van der Waals surface area (Å²) in [6, 6.07) is 7.49. The minimum Gasteiger partial charge on any atom is -0.418 e. The standard InChI is InChI=1S/C9H13N3.2BF4/c1-12(2,3)9-6-4-8(11-10)5-7-9;2*2-1(3,4)5/h4-7H,1-3H3;;/q+2;2*-1. The molecule has 1 aromatic rings. The highest BCUT2D eigenvalue weighted by Gasteiger charge is 2.21. The van der Waals surface area contributed by atoms with Crippen molar-refractivity contribution < 1.29 is 34.5 Å². The molecule has 0 aliphatic carbocycles. The van der Waals surface area contributed by atoms with Gasteiger partial charge in [0.1, 0.15) is 5.69 Å². The molecule has 0 saturated heterocycles. The highest BCUT2D eigenvalue weighted by atomic mass is 19.5. The van der Waals surface area contributed by atoms with E-state index in [1.54, 1.807) is 12.1 Å². The number of quaternary nitrogens is 1. The van der Waals surface area contributed by atoms with Crippen molar-refractivity contribution in [1.82, 2.24) is 4.48 Å². The van der Waals surface area contributed by atoms with Crippen molar-refractivity contribution in [3.63, 3.8) is 0 Å². The maximum absolute atomic E-state index is 9.75. The van der Waals surface area contributed by atoms with Crippen LogP contribution >= 0.6 is 0 Å². The third-order valence-corrected chi connectivity index (χ3v) is 1.74. The van der Waals surface area contributed by atoms with E-state index in [4.69, 9.17) is 5.39 Å². The molecule has 0 bridgehead atoms. The lowest BCUT2D eigenvalue weighted by Crippen LogP contribution is -2.34. The number of halogens is 8.